The summed E-state index contributed by atoms with van der Waals surface area (Å²) in [7, 11) is -0.435. The summed E-state index contributed by atoms with van der Waals surface area (Å²) in [6.07, 6.45) is 4.90. The Kier molecular flexibility index (Phi) is 11.0. The van der Waals surface area contributed by atoms with Gasteiger partial charge in [-0.25, -0.2) is 0 Å². The van der Waals surface area contributed by atoms with Crippen molar-refractivity contribution >= 4 is 28.1 Å². The summed E-state index contributed by atoms with van der Waals surface area (Å²) in [4.78, 5) is 0. The van der Waals surface area contributed by atoms with Crippen LogP contribution < -0.4 is 0 Å². The van der Waals surface area contributed by atoms with Gasteiger partial charge in [0.05, 0.1) is 37.6 Å². The molecule has 0 aromatic heterocycles. The van der Waals surface area contributed by atoms with Gasteiger partial charge >= 0.3 is 14.2 Å². The van der Waals surface area contributed by atoms with Crippen LogP contribution in [0.3, 0.4) is 0 Å². The molecule has 2 aliphatic heterocycles. The maximum absolute atomic E-state index is 6.23. The van der Waals surface area contributed by atoms with E-state index in [9.17, 15) is 0 Å². The molecule has 0 aromatic rings. The first-order valence-electron chi connectivity index (χ1n) is 11.4. The Balaban J connectivity index is 2.04. The van der Waals surface area contributed by atoms with Crippen LogP contribution in [0.25, 0.3) is 0 Å². The SMILES string of the molecule is CCB(CC)OCC1OB(CC)OC1C1OB(CC)OC1COB(CC)CC. The zero-order valence-corrected chi connectivity index (χ0v) is 18.7. The van der Waals surface area contributed by atoms with Crippen LogP contribution >= 0.6 is 0 Å². The van der Waals surface area contributed by atoms with Gasteiger partial charge in [-0.3, -0.25) is 0 Å². The number of hydrogen-bond acceptors (Lipinski definition) is 6. The summed E-state index contributed by atoms with van der Waals surface area (Å²) in [6.45, 7) is 14.3. The minimum absolute atomic E-state index is 0.148. The summed E-state index contributed by atoms with van der Waals surface area (Å²) in [5.74, 6) is 0. The Morgan fingerprint density at radius 2 is 0.964 bits per heavy atom. The van der Waals surface area contributed by atoms with Crippen molar-refractivity contribution in [3.05, 3.63) is 0 Å². The molecule has 0 bridgehead atoms. The van der Waals surface area contributed by atoms with Crippen LogP contribution in [0, 0.1) is 0 Å². The highest BCUT2D eigenvalue weighted by Gasteiger charge is 2.51. The molecule has 0 saturated carbocycles. The summed E-state index contributed by atoms with van der Waals surface area (Å²) in [5, 5.41) is 0. The predicted octanol–water partition coefficient (Wildman–Crippen LogP) is 3.67. The third-order valence-corrected chi connectivity index (χ3v) is 5.81. The second-order valence-corrected chi connectivity index (χ2v) is 7.77. The van der Waals surface area contributed by atoms with Gasteiger partial charge in [0.2, 0.25) is 0 Å². The van der Waals surface area contributed by atoms with Crippen LogP contribution in [-0.4, -0.2) is 65.7 Å². The molecule has 10 heteroatoms. The smallest absolute Gasteiger partial charge is 0.433 e. The van der Waals surface area contributed by atoms with Gasteiger partial charge < -0.3 is 27.9 Å². The topological polar surface area (TPSA) is 55.4 Å². The standard InChI is InChI=1S/C18H38B4O6/c1-7-19(8-2)23-13-15-17(27-21(11-5)25-15)18-16(26-22(12-6)28-18)14-24-20(9-3)10-4/h15-18H,7-14H2,1-6H3. The van der Waals surface area contributed by atoms with Crippen molar-refractivity contribution in [1.29, 1.82) is 0 Å². The van der Waals surface area contributed by atoms with Crippen molar-refractivity contribution < 1.29 is 27.9 Å². The molecule has 6 nitrogen and oxygen atoms in total. The van der Waals surface area contributed by atoms with E-state index in [1.165, 1.54) is 0 Å². The number of rotatable bonds is 13. The molecule has 158 valence electrons. The molecule has 2 heterocycles. The van der Waals surface area contributed by atoms with Gasteiger partial charge in [0.15, 0.2) is 0 Å². The number of hydrogen-bond donors (Lipinski definition) is 0. The fourth-order valence-corrected chi connectivity index (χ4v) is 3.88. The second-order valence-electron chi connectivity index (χ2n) is 7.77. The Morgan fingerprint density at radius 1 is 0.607 bits per heavy atom. The highest BCUT2D eigenvalue weighted by molar-refractivity contribution is 6.52. The van der Waals surface area contributed by atoms with Crippen LogP contribution in [0.15, 0.2) is 0 Å². The summed E-state index contributed by atoms with van der Waals surface area (Å²) >= 11 is 0. The molecule has 0 radical (unpaired) electrons. The third kappa shape index (κ3) is 6.51. The average molecular weight is 394 g/mol. The first kappa shape index (κ1) is 24.3. The zero-order chi connectivity index (χ0) is 20.5. The normalized spacial score (nSPS) is 27.6. The van der Waals surface area contributed by atoms with E-state index >= 15 is 0 Å². The maximum atomic E-state index is 6.23. The molecule has 2 rings (SSSR count). The molecule has 0 N–H and O–H groups in total. The lowest BCUT2D eigenvalue weighted by atomic mass is 9.62. The molecule has 0 spiro atoms. The van der Waals surface area contributed by atoms with E-state index in [0.29, 0.717) is 13.2 Å². The highest BCUT2D eigenvalue weighted by Crippen LogP contribution is 2.31. The molecule has 0 amide bonds. The molecule has 0 aliphatic carbocycles. The molecule has 4 unspecified atom stereocenters. The van der Waals surface area contributed by atoms with Crippen molar-refractivity contribution in [2.24, 2.45) is 0 Å². The largest absolute Gasteiger partial charge is 0.457 e. The summed E-state index contributed by atoms with van der Waals surface area (Å²) < 4.78 is 36.9. The monoisotopic (exact) mass is 394 g/mol. The van der Waals surface area contributed by atoms with E-state index < -0.39 is 0 Å². The zero-order valence-electron chi connectivity index (χ0n) is 18.7. The lowest BCUT2D eigenvalue weighted by Crippen LogP contribution is -2.46. The highest BCUT2D eigenvalue weighted by atomic mass is 16.7. The Hall–Kier alpha value is 0.0197. The van der Waals surface area contributed by atoms with Gasteiger partial charge in [0.1, 0.15) is 0 Å². The summed E-state index contributed by atoms with van der Waals surface area (Å²) in [5.41, 5.74) is 0. The lowest BCUT2D eigenvalue weighted by Gasteiger charge is -2.29. The van der Waals surface area contributed by atoms with Crippen molar-refractivity contribution in [3.63, 3.8) is 0 Å². The van der Waals surface area contributed by atoms with Crippen molar-refractivity contribution in [3.8, 4) is 0 Å². The van der Waals surface area contributed by atoms with Gasteiger partial charge in [-0.05, 0) is 12.6 Å². The van der Waals surface area contributed by atoms with Crippen molar-refractivity contribution in [1.82, 2.24) is 0 Å². The average Bonchev–Trinajstić information content (AvgIpc) is 3.33. The molecule has 2 fully saturated rings. The fraction of sp³-hybridized carbons (Fsp3) is 1.00. The molecule has 28 heavy (non-hydrogen) atoms. The lowest BCUT2D eigenvalue weighted by molar-refractivity contribution is -0.00978. The molecular weight excluding hydrogens is 355 g/mol. The second kappa shape index (κ2) is 12.7. The Labute approximate surface area is 173 Å². The van der Waals surface area contributed by atoms with Crippen LogP contribution in [-0.2, 0) is 27.9 Å². The Bertz CT molecular complexity index is 389. The van der Waals surface area contributed by atoms with Gasteiger partial charge in [0.25, 0.3) is 13.8 Å². The molecule has 2 saturated heterocycles. The third-order valence-electron chi connectivity index (χ3n) is 5.81. The van der Waals surface area contributed by atoms with Gasteiger partial charge in [-0.1, -0.05) is 66.8 Å². The molecule has 4 atom stereocenters. The quantitative estimate of drug-likeness (QED) is 0.445. The van der Waals surface area contributed by atoms with Crippen LogP contribution in [0.1, 0.15) is 41.5 Å². The van der Waals surface area contributed by atoms with Crippen LogP contribution in [0.5, 0.6) is 0 Å². The summed E-state index contributed by atoms with van der Waals surface area (Å²) in [6, 6.07) is 0. The fourth-order valence-electron chi connectivity index (χ4n) is 3.88. The predicted molar refractivity (Wildman–Crippen MR) is 117 cm³/mol. The van der Waals surface area contributed by atoms with E-state index in [0.717, 1.165) is 37.9 Å². The molecule has 0 aromatic carbocycles. The van der Waals surface area contributed by atoms with Crippen LogP contribution in [0.4, 0.5) is 0 Å². The minimum Gasteiger partial charge on any atom is -0.433 e. The minimum atomic E-state index is -0.217. The van der Waals surface area contributed by atoms with Crippen molar-refractivity contribution in [2.75, 3.05) is 13.2 Å². The Morgan fingerprint density at radius 3 is 1.25 bits per heavy atom. The first-order valence-corrected chi connectivity index (χ1v) is 11.4. The van der Waals surface area contributed by atoms with Gasteiger partial charge in [-0.15, -0.1) is 0 Å². The van der Waals surface area contributed by atoms with Crippen molar-refractivity contribution in [2.45, 2.75) is 104 Å². The molecule has 2 aliphatic rings. The van der Waals surface area contributed by atoms with Gasteiger partial charge in [0, 0.05) is 0 Å². The van der Waals surface area contributed by atoms with E-state index in [4.69, 9.17) is 27.9 Å². The van der Waals surface area contributed by atoms with E-state index in [-0.39, 0.29) is 52.5 Å². The van der Waals surface area contributed by atoms with Crippen LogP contribution in [0.2, 0.25) is 37.9 Å². The van der Waals surface area contributed by atoms with E-state index in [1.807, 2.05) is 0 Å². The van der Waals surface area contributed by atoms with E-state index in [1.54, 1.807) is 0 Å². The first-order chi connectivity index (χ1) is 13.6. The van der Waals surface area contributed by atoms with E-state index in [2.05, 4.69) is 41.5 Å². The van der Waals surface area contributed by atoms with Gasteiger partial charge in [-0.2, -0.15) is 0 Å². The molecular formula is C18H38B4O6. The maximum Gasteiger partial charge on any atom is 0.457 e.